The molecular weight excluding hydrogens is 1290 g/mol. The summed E-state index contributed by atoms with van der Waals surface area (Å²) in [5.74, 6) is 0. The number of hydrogen-bond acceptors (Lipinski definition) is 0. The molecular formula is H7AuFeGeInIrMoNiPdPtRhRu. The zero-order valence-electron chi connectivity index (χ0n) is 3.03. The fraction of sp³-hybridized carbons (Fsp3) is 0. The predicted molar refractivity (Wildman–Crippen MR) is 21.3 cm³/mol. The van der Waals surface area contributed by atoms with Crippen LogP contribution >= 0.6 is 0 Å². The summed E-state index contributed by atoms with van der Waals surface area (Å²) in [5, 5.41) is 0. The second-order valence-corrected chi connectivity index (χ2v) is 0. The molecule has 0 aliphatic carbocycles. The van der Waals surface area contributed by atoms with Gasteiger partial charge < -0.3 is 0 Å². The van der Waals surface area contributed by atoms with Crippen molar-refractivity contribution in [1.82, 2.24) is 0 Å². The Morgan fingerprint density at radius 3 is 1.00 bits per heavy atom. The SMILES string of the molecule is [Au].[Fe].[GeH4].[InH3].[Ir].[Mo].[Ni].[Pd].[Pt].[Rh].[Ru]. The third-order valence-electron chi connectivity index (χ3n) is 0. The smallest absolute Gasteiger partial charge is 0 e. The molecule has 0 heterocycles. The van der Waals surface area contributed by atoms with Crippen molar-refractivity contribution in [3.63, 3.8) is 0 Å². The molecule has 0 aromatic rings. The standard InChI is InChI=1S/Au.Fe.GeH4.In.Ir.Mo.Ni.Pd.Pt.Rh.Ru.3H/h;;1H4;;;;;;;;;;;. The maximum atomic E-state index is 0. The van der Waals surface area contributed by atoms with Gasteiger partial charge >= 0.3 is 43.4 Å². The Labute approximate surface area is 215 Å². The van der Waals surface area contributed by atoms with Crippen molar-refractivity contribution in [2.45, 2.75) is 0 Å². The van der Waals surface area contributed by atoms with Gasteiger partial charge in [-0.3, -0.25) is 0 Å². The van der Waals surface area contributed by atoms with Gasteiger partial charge in [0.15, 0.2) is 0 Å². The Balaban J connectivity index is 0. The van der Waals surface area contributed by atoms with Gasteiger partial charge in [0.05, 0.1) is 0 Å². The van der Waals surface area contributed by atoms with Crippen LogP contribution in [0.15, 0.2) is 0 Å². The van der Waals surface area contributed by atoms with Crippen LogP contribution in [0, 0.1) is 0 Å². The van der Waals surface area contributed by atoms with Crippen LogP contribution < -0.4 is 0 Å². The van der Waals surface area contributed by atoms with E-state index in [-0.39, 0.29) is 221 Å². The van der Waals surface area contributed by atoms with Crippen LogP contribution in [-0.4, -0.2) is 43.4 Å². The van der Waals surface area contributed by atoms with Gasteiger partial charge in [0.1, 0.15) is 0 Å². The minimum absolute atomic E-state index is 0. The molecule has 0 nitrogen and oxygen atoms in total. The van der Waals surface area contributed by atoms with E-state index in [1.54, 1.807) is 0 Å². The van der Waals surface area contributed by atoms with E-state index < -0.39 is 0 Å². The van der Waals surface area contributed by atoms with Crippen molar-refractivity contribution >= 4 is 43.4 Å². The average Bonchev–Trinajstić information content (AvgIpc) is 0. The summed E-state index contributed by atoms with van der Waals surface area (Å²) in [7, 11) is 0. The van der Waals surface area contributed by atoms with E-state index in [4.69, 9.17) is 0 Å². The number of hydrogen-bond donors (Lipinski definition) is 0. The first-order chi connectivity index (χ1) is 0. The van der Waals surface area contributed by atoms with E-state index >= 15 is 0 Å². The van der Waals surface area contributed by atoms with Crippen molar-refractivity contribution in [1.29, 1.82) is 0 Å². The molecule has 11 heavy (non-hydrogen) atoms. The summed E-state index contributed by atoms with van der Waals surface area (Å²) >= 11 is 0. The molecule has 0 atom stereocenters. The first-order valence-corrected chi connectivity index (χ1v) is 0. The molecule has 11 heteroatoms. The molecule has 0 aliphatic heterocycles. The van der Waals surface area contributed by atoms with Gasteiger partial charge in [-0.15, -0.1) is 0 Å². The molecule has 0 fully saturated rings. The van der Waals surface area contributed by atoms with Gasteiger partial charge in [0.25, 0.3) is 0 Å². The number of rotatable bonds is 0. The van der Waals surface area contributed by atoms with Crippen LogP contribution in [0.3, 0.4) is 0 Å². The molecule has 0 saturated carbocycles. The van der Waals surface area contributed by atoms with Crippen molar-refractivity contribution in [3.05, 3.63) is 0 Å². The topological polar surface area (TPSA) is 0 Å². The van der Waals surface area contributed by atoms with E-state index in [1.807, 2.05) is 0 Å². The van der Waals surface area contributed by atoms with Crippen LogP contribution in [0.1, 0.15) is 0 Å². The van der Waals surface area contributed by atoms with Crippen LogP contribution in [0.4, 0.5) is 0 Å². The molecule has 0 rings (SSSR count). The Hall–Kier alpha value is 7.10. The third kappa shape index (κ3) is 77.3. The summed E-state index contributed by atoms with van der Waals surface area (Å²) in [4.78, 5) is 0. The third-order valence-corrected chi connectivity index (χ3v) is 0. The zero-order valence-corrected chi connectivity index (χ0v) is 18.9. The maximum Gasteiger partial charge on any atom is 0 e. The normalized spacial score (nSPS) is 0. The summed E-state index contributed by atoms with van der Waals surface area (Å²) in [6.07, 6.45) is 0. The molecule has 95 valence electrons. The van der Waals surface area contributed by atoms with Gasteiger partial charge in [0.2, 0.25) is 0 Å². The average molecular weight is 1300 g/mol. The largest absolute Gasteiger partial charge is 0 e. The summed E-state index contributed by atoms with van der Waals surface area (Å²) in [5.41, 5.74) is 0. The molecule has 0 aromatic heterocycles. The van der Waals surface area contributed by atoms with Crippen LogP contribution in [0.2, 0.25) is 0 Å². The van der Waals surface area contributed by atoms with E-state index in [1.165, 1.54) is 0 Å². The van der Waals surface area contributed by atoms with E-state index in [9.17, 15) is 0 Å². The minimum Gasteiger partial charge on any atom is 0 e. The van der Waals surface area contributed by atoms with Crippen molar-refractivity contribution in [2.75, 3.05) is 0 Å². The first-order valence-electron chi connectivity index (χ1n) is 0. The molecule has 0 bridgehead atoms. The molecule has 3 radical (unpaired) electrons. The van der Waals surface area contributed by atoms with E-state index in [0.29, 0.717) is 0 Å². The first kappa shape index (κ1) is 105. The summed E-state index contributed by atoms with van der Waals surface area (Å²) in [6, 6.07) is 0. The molecule has 0 saturated heterocycles. The van der Waals surface area contributed by atoms with Gasteiger partial charge in [-0.2, -0.15) is 0 Å². The molecule has 0 amide bonds. The molecule has 0 aliphatic rings. The molecule has 0 aromatic carbocycles. The second kappa shape index (κ2) is 87.9. The Morgan fingerprint density at radius 1 is 1.00 bits per heavy atom. The van der Waals surface area contributed by atoms with Crippen molar-refractivity contribution < 1.29 is 178 Å². The van der Waals surface area contributed by atoms with Crippen LogP contribution in [0.5, 0.6) is 0 Å². The monoisotopic (exact) mass is 1300 g/mol. The van der Waals surface area contributed by atoms with Gasteiger partial charge in [-0.1, -0.05) is 0 Å². The van der Waals surface area contributed by atoms with Crippen molar-refractivity contribution in [3.8, 4) is 0 Å². The van der Waals surface area contributed by atoms with Gasteiger partial charge in [0, 0.05) is 178 Å². The summed E-state index contributed by atoms with van der Waals surface area (Å²) < 4.78 is 0. The summed E-state index contributed by atoms with van der Waals surface area (Å²) in [6.45, 7) is 0. The fourth-order valence-electron chi connectivity index (χ4n) is 0. The fourth-order valence-corrected chi connectivity index (χ4v) is 0. The van der Waals surface area contributed by atoms with Gasteiger partial charge in [-0.05, 0) is 0 Å². The van der Waals surface area contributed by atoms with Crippen molar-refractivity contribution in [2.24, 2.45) is 0 Å². The second-order valence-electron chi connectivity index (χ2n) is 0. The van der Waals surface area contributed by atoms with Crippen LogP contribution in [-0.2, 0) is 178 Å². The minimum atomic E-state index is 0. The molecule has 0 unspecified atom stereocenters. The van der Waals surface area contributed by atoms with Gasteiger partial charge in [-0.25, -0.2) is 0 Å². The molecule has 0 N–H and O–H groups in total. The quantitative estimate of drug-likeness (QED) is 0.233. The van der Waals surface area contributed by atoms with E-state index in [2.05, 4.69) is 0 Å². The predicted octanol–water partition coefficient (Wildman–Crippen LogP) is -2.66. The Kier molecular flexibility index (Phi) is 839. The zero-order chi connectivity index (χ0) is 0. The van der Waals surface area contributed by atoms with Crippen LogP contribution in [0.25, 0.3) is 0 Å². The Morgan fingerprint density at radius 2 is 1.00 bits per heavy atom. The molecule has 0 spiro atoms. The Bertz CT molecular complexity index is 38.1. The van der Waals surface area contributed by atoms with E-state index in [0.717, 1.165) is 0 Å². The maximum absolute atomic E-state index is 0.